The van der Waals surface area contributed by atoms with Gasteiger partial charge in [0.2, 0.25) is 11.0 Å². The van der Waals surface area contributed by atoms with Crippen LogP contribution < -0.4 is 5.32 Å². The molecule has 4 rings (SSSR count). The highest BCUT2D eigenvalue weighted by molar-refractivity contribution is 7.98. The highest BCUT2D eigenvalue weighted by Crippen LogP contribution is 2.23. The van der Waals surface area contributed by atoms with Crippen molar-refractivity contribution in [2.24, 2.45) is 0 Å². The molecule has 11 heteroatoms. The summed E-state index contributed by atoms with van der Waals surface area (Å²) in [5.41, 5.74) is 3.55. The standard InChI is InChI=1S/C22H22N6O4S/c1-12-9-14(3)28-21(23-12)25-22(26-28)33-11-16-7-5-6-8-17(16)20(30)31-15(4)19(29)24-18-10-13(2)27-32-18/h5-10,15H,11H2,1-4H3,(H,24,29). The molecule has 10 nitrogen and oxygen atoms in total. The van der Waals surface area contributed by atoms with Crippen molar-refractivity contribution in [1.82, 2.24) is 24.7 Å². The van der Waals surface area contributed by atoms with Crippen molar-refractivity contribution in [2.75, 3.05) is 5.32 Å². The largest absolute Gasteiger partial charge is 0.449 e. The normalized spacial score (nSPS) is 12.0. The fraction of sp³-hybridized carbons (Fsp3) is 0.273. The summed E-state index contributed by atoms with van der Waals surface area (Å²) in [6, 6.07) is 10.6. The van der Waals surface area contributed by atoms with E-state index >= 15 is 0 Å². The third kappa shape index (κ3) is 5.20. The van der Waals surface area contributed by atoms with Crippen molar-refractivity contribution >= 4 is 35.3 Å². The van der Waals surface area contributed by atoms with Crippen LogP contribution in [0.3, 0.4) is 0 Å². The first-order chi connectivity index (χ1) is 15.8. The molecule has 0 saturated carbocycles. The number of hydrogen-bond acceptors (Lipinski definition) is 9. The minimum absolute atomic E-state index is 0.192. The van der Waals surface area contributed by atoms with Crippen molar-refractivity contribution in [3.63, 3.8) is 0 Å². The van der Waals surface area contributed by atoms with E-state index in [9.17, 15) is 9.59 Å². The van der Waals surface area contributed by atoms with E-state index in [0.717, 1.165) is 17.0 Å². The van der Waals surface area contributed by atoms with Gasteiger partial charge in [-0.1, -0.05) is 35.1 Å². The van der Waals surface area contributed by atoms with Crippen molar-refractivity contribution in [2.45, 2.75) is 44.7 Å². The first-order valence-corrected chi connectivity index (χ1v) is 11.2. The Morgan fingerprint density at radius 1 is 1.15 bits per heavy atom. The number of hydrogen-bond donors (Lipinski definition) is 1. The Morgan fingerprint density at radius 2 is 1.94 bits per heavy atom. The van der Waals surface area contributed by atoms with E-state index in [0.29, 0.717) is 27.9 Å². The third-order valence-electron chi connectivity index (χ3n) is 4.72. The molecule has 1 unspecified atom stereocenters. The van der Waals surface area contributed by atoms with E-state index in [1.54, 1.807) is 29.6 Å². The Bertz CT molecular complexity index is 1330. The molecule has 170 valence electrons. The summed E-state index contributed by atoms with van der Waals surface area (Å²) in [4.78, 5) is 33.9. The molecule has 0 aliphatic heterocycles. The number of nitrogens with one attached hydrogen (secondary N) is 1. The topological polar surface area (TPSA) is 125 Å². The van der Waals surface area contributed by atoms with Gasteiger partial charge in [0.1, 0.15) is 0 Å². The predicted octanol–water partition coefficient (Wildman–Crippen LogP) is 3.51. The van der Waals surface area contributed by atoms with Crippen LogP contribution in [0.5, 0.6) is 0 Å². The molecule has 33 heavy (non-hydrogen) atoms. The second kappa shape index (κ2) is 9.41. The Balaban J connectivity index is 1.43. The molecule has 3 heterocycles. The van der Waals surface area contributed by atoms with Gasteiger partial charge in [0.15, 0.2) is 6.10 Å². The summed E-state index contributed by atoms with van der Waals surface area (Å²) >= 11 is 1.39. The SMILES string of the molecule is Cc1cc(NC(=O)C(C)OC(=O)c2ccccc2CSc2nc3nc(C)cc(C)n3n2)on1. The number of carbonyl (C=O) groups excluding carboxylic acids is 2. The average molecular weight is 467 g/mol. The van der Waals surface area contributed by atoms with Gasteiger partial charge in [-0.05, 0) is 45.4 Å². The molecular formula is C22H22N6O4S. The number of nitrogens with zero attached hydrogens (tertiary/aromatic N) is 5. The molecule has 1 atom stereocenters. The van der Waals surface area contributed by atoms with Crippen LogP contribution in [0.4, 0.5) is 5.88 Å². The van der Waals surface area contributed by atoms with Gasteiger partial charge in [-0.2, -0.15) is 4.98 Å². The number of aromatic nitrogens is 5. The molecule has 0 saturated heterocycles. The number of aryl methyl sites for hydroxylation is 3. The molecule has 0 aliphatic carbocycles. The minimum atomic E-state index is -1.03. The van der Waals surface area contributed by atoms with Crippen molar-refractivity contribution in [3.05, 3.63) is 64.6 Å². The van der Waals surface area contributed by atoms with E-state index in [4.69, 9.17) is 9.26 Å². The van der Waals surface area contributed by atoms with Crippen LogP contribution in [0.2, 0.25) is 0 Å². The van der Waals surface area contributed by atoms with Crippen LogP contribution in [-0.2, 0) is 15.3 Å². The number of esters is 1. The molecule has 1 aromatic carbocycles. The van der Waals surface area contributed by atoms with Crippen LogP contribution in [0.15, 0.2) is 46.1 Å². The maximum atomic E-state index is 12.8. The lowest BCUT2D eigenvalue weighted by Crippen LogP contribution is -2.30. The van der Waals surface area contributed by atoms with Gasteiger partial charge in [0.25, 0.3) is 11.7 Å². The molecular weight excluding hydrogens is 444 g/mol. The second-order valence-corrected chi connectivity index (χ2v) is 8.40. The Morgan fingerprint density at radius 3 is 2.70 bits per heavy atom. The van der Waals surface area contributed by atoms with Crippen LogP contribution >= 0.6 is 11.8 Å². The van der Waals surface area contributed by atoms with E-state index in [1.165, 1.54) is 18.7 Å². The van der Waals surface area contributed by atoms with Gasteiger partial charge in [0, 0.05) is 23.2 Å². The highest BCUT2D eigenvalue weighted by Gasteiger charge is 2.22. The Kier molecular flexibility index (Phi) is 6.40. The molecule has 0 radical (unpaired) electrons. The molecule has 1 amide bonds. The van der Waals surface area contributed by atoms with E-state index in [2.05, 4.69) is 25.5 Å². The van der Waals surface area contributed by atoms with Gasteiger partial charge in [-0.15, -0.1) is 5.10 Å². The fourth-order valence-corrected chi connectivity index (χ4v) is 3.94. The molecule has 0 spiro atoms. The number of amides is 1. The molecule has 0 bridgehead atoms. The number of fused-ring (bicyclic) bond motifs is 1. The minimum Gasteiger partial charge on any atom is -0.449 e. The second-order valence-electron chi connectivity index (χ2n) is 7.46. The maximum Gasteiger partial charge on any atom is 0.339 e. The summed E-state index contributed by atoms with van der Waals surface area (Å²) in [5, 5.41) is 11.3. The summed E-state index contributed by atoms with van der Waals surface area (Å²) < 4.78 is 12.0. The zero-order chi connectivity index (χ0) is 23.5. The Labute approximate surface area is 193 Å². The van der Waals surface area contributed by atoms with Gasteiger partial charge in [0.05, 0.1) is 11.3 Å². The highest BCUT2D eigenvalue weighted by atomic mass is 32.2. The lowest BCUT2D eigenvalue weighted by molar-refractivity contribution is -0.123. The van der Waals surface area contributed by atoms with Gasteiger partial charge >= 0.3 is 5.97 Å². The number of thioether (sulfide) groups is 1. The first-order valence-electron chi connectivity index (χ1n) is 10.2. The zero-order valence-electron chi connectivity index (χ0n) is 18.5. The summed E-state index contributed by atoms with van der Waals surface area (Å²) in [5.74, 6) is 0.0524. The van der Waals surface area contributed by atoms with Crippen LogP contribution in [-0.4, -0.2) is 42.7 Å². The lowest BCUT2D eigenvalue weighted by Gasteiger charge is -2.14. The zero-order valence-corrected chi connectivity index (χ0v) is 19.3. The van der Waals surface area contributed by atoms with Crippen LogP contribution in [0.1, 0.15) is 39.9 Å². The predicted molar refractivity (Wildman–Crippen MR) is 121 cm³/mol. The molecule has 0 aliphatic rings. The van der Waals surface area contributed by atoms with Crippen molar-refractivity contribution in [3.8, 4) is 0 Å². The average Bonchev–Trinajstić information content (AvgIpc) is 3.38. The van der Waals surface area contributed by atoms with E-state index in [1.807, 2.05) is 32.0 Å². The lowest BCUT2D eigenvalue weighted by atomic mass is 10.1. The van der Waals surface area contributed by atoms with E-state index < -0.39 is 18.0 Å². The number of rotatable bonds is 7. The van der Waals surface area contributed by atoms with Gasteiger partial charge in [-0.25, -0.2) is 14.3 Å². The van der Waals surface area contributed by atoms with Crippen LogP contribution in [0.25, 0.3) is 5.78 Å². The number of benzene rings is 1. The Hall–Kier alpha value is -3.73. The van der Waals surface area contributed by atoms with E-state index in [-0.39, 0.29) is 5.88 Å². The molecule has 3 aromatic heterocycles. The van der Waals surface area contributed by atoms with Gasteiger partial charge < -0.3 is 9.26 Å². The summed E-state index contributed by atoms with van der Waals surface area (Å²) in [6.45, 7) is 7.07. The first kappa shape index (κ1) is 22.5. The quantitative estimate of drug-likeness (QED) is 0.322. The van der Waals surface area contributed by atoms with Crippen molar-refractivity contribution < 1.29 is 18.8 Å². The number of anilines is 1. The fourth-order valence-electron chi connectivity index (χ4n) is 3.12. The third-order valence-corrected chi connectivity index (χ3v) is 5.61. The molecule has 0 fully saturated rings. The number of carbonyl (C=O) groups is 2. The number of ether oxygens (including phenoxy) is 1. The molecule has 1 N–H and O–H groups in total. The smallest absolute Gasteiger partial charge is 0.339 e. The molecule has 4 aromatic rings. The monoisotopic (exact) mass is 466 g/mol. The maximum absolute atomic E-state index is 12.8. The van der Waals surface area contributed by atoms with Crippen molar-refractivity contribution in [1.29, 1.82) is 0 Å². The summed E-state index contributed by atoms with van der Waals surface area (Å²) in [6.07, 6.45) is -1.03. The summed E-state index contributed by atoms with van der Waals surface area (Å²) in [7, 11) is 0. The van der Waals surface area contributed by atoms with Gasteiger partial charge in [-0.3, -0.25) is 10.1 Å². The van der Waals surface area contributed by atoms with Crippen LogP contribution in [0, 0.1) is 20.8 Å².